The minimum absolute atomic E-state index is 0.337. The van der Waals surface area contributed by atoms with Crippen LogP contribution in [0.15, 0.2) is 24.0 Å². The van der Waals surface area contributed by atoms with Gasteiger partial charge in [-0.05, 0) is 50.3 Å². The number of nitrogens with zero attached hydrogens (tertiary/aromatic N) is 1. The molecule has 0 radical (unpaired) electrons. The lowest BCUT2D eigenvalue weighted by molar-refractivity contribution is -0.294. The molecule has 8 heteroatoms. The fourth-order valence-electron chi connectivity index (χ4n) is 5.04. The van der Waals surface area contributed by atoms with Crippen molar-refractivity contribution in [1.29, 1.82) is 0 Å². The summed E-state index contributed by atoms with van der Waals surface area (Å²) in [4.78, 5) is 32.1. The fraction of sp³-hybridized carbons (Fsp3) is 0.583. The highest BCUT2D eigenvalue weighted by Crippen LogP contribution is 2.53. The first kappa shape index (κ1) is 22.9. The van der Waals surface area contributed by atoms with Crippen LogP contribution in [0.3, 0.4) is 0 Å². The van der Waals surface area contributed by atoms with Crippen LogP contribution in [-0.4, -0.2) is 54.9 Å². The maximum atomic E-state index is 13.9. The van der Waals surface area contributed by atoms with Gasteiger partial charge in [-0.1, -0.05) is 18.2 Å². The number of methoxy groups -OCH3 is 1. The van der Waals surface area contributed by atoms with E-state index in [1.807, 2.05) is 32.0 Å². The van der Waals surface area contributed by atoms with Gasteiger partial charge in [-0.2, -0.15) is 0 Å². The molecule has 1 aliphatic carbocycles. The SMILES string of the molecule is COC(C)ON1C(=O)C(c2c(C)cccc2C)=C(OC(C)=O)C12CCC1(CC2)OCCO1. The Bertz CT molecular complexity index is 917. The van der Waals surface area contributed by atoms with Crippen LogP contribution in [-0.2, 0) is 33.4 Å². The predicted octanol–water partition coefficient (Wildman–Crippen LogP) is 3.40. The van der Waals surface area contributed by atoms with Gasteiger partial charge in [0.1, 0.15) is 11.3 Å². The largest absolute Gasteiger partial charge is 0.428 e. The van der Waals surface area contributed by atoms with Crippen molar-refractivity contribution in [3.05, 3.63) is 40.6 Å². The second kappa shape index (κ2) is 8.59. The third-order valence-corrected chi connectivity index (χ3v) is 6.65. The van der Waals surface area contributed by atoms with E-state index in [-0.39, 0.29) is 5.91 Å². The van der Waals surface area contributed by atoms with Gasteiger partial charge in [0.2, 0.25) is 0 Å². The Balaban J connectivity index is 1.86. The summed E-state index contributed by atoms with van der Waals surface area (Å²) in [5.41, 5.74) is 2.01. The molecule has 1 unspecified atom stereocenters. The van der Waals surface area contributed by atoms with Crippen LogP contribution >= 0.6 is 0 Å². The van der Waals surface area contributed by atoms with Crippen molar-refractivity contribution < 1.29 is 33.4 Å². The summed E-state index contributed by atoms with van der Waals surface area (Å²) in [6.45, 7) is 8.05. The van der Waals surface area contributed by atoms with Gasteiger partial charge in [0, 0.05) is 26.9 Å². The molecule has 2 fully saturated rings. The highest BCUT2D eigenvalue weighted by atomic mass is 16.8. The van der Waals surface area contributed by atoms with E-state index in [1.165, 1.54) is 19.1 Å². The lowest BCUT2D eigenvalue weighted by Gasteiger charge is -2.46. The number of carbonyl (C=O) groups excluding carboxylic acids is 2. The quantitative estimate of drug-likeness (QED) is 0.507. The molecular weight excluding hydrogens is 414 g/mol. The number of aryl methyl sites for hydroxylation is 2. The monoisotopic (exact) mass is 445 g/mol. The zero-order valence-corrected chi connectivity index (χ0v) is 19.4. The highest BCUT2D eigenvalue weighted by molar-refractivity contribution is 6.23. The summed E-state index contributed by atoms with van der Waals surface area (Å²) in [6, 6.07) is 5.83. The Labute approximate surface area is 188 Å². The molecule has 174 valence electrons. The summed E-state index contributed by atoms with van der Waals surface area (Å²) in [7, 11) is 1.51. The molecule has 0 bridgehead atoms. The smallest absolute Gasteiger partial charge is 0.307 e. The van der Waals surface area contributed by atoms with Gasteiger partial charge in [0.05, 0.1) is 18.8 Å². The Morgan fingerprint density at radius 2 is 1.69 bits per heavy atom. The lowest BCUT2D eigenvalue weighted by atomic mass is 9.77. The summed E-state index contributed by atoms with van der Waals surface area (Å²) in [5.74, 6) is -1.14. The van der Waals surface area contributed by atoms with Gasteiger partial charge in [-0.15, -0.1) is 0 Å². The maximum Gasteiger partial charge on any atom is 0.307 e. The average Bonchev–Trinajstić information content (AvgIpc) is 3.28. The Kier molecular flexibility index (Phi) is 6.15. The number of benzene rings is 1. The van der Waals surface area contributed by atoms with Crippen LogP contribution < -0.4 is 0 Å². The minimum atomic E-state index is -0.958. The molecule has 3 aliphatic rings. The molecule has 1 saturated heterocycles. The summed E-state index contributed by atoms with van der Waals surface area (Å²) < 4.78 is 22.9. The minimum Gasteiger partial charge on any atom is -0.428 e. The average molecular weight is 446 g/mol. The molecule has 1 saturated carbocycles. The van der Waals surface area contributed by atoms with E-state index in [1.54, 1.807) is 6.92 Å². The van der Waals surface area contributed by atoms with E-state index in [0.717, 1.165) is 16.7 Å². The normalized spacial score (nSPS) is 22.8. The number of rotatable bonds is 5. The van der Waals surface area contributed by atoms with Gasteiger partial charge < -0.3 is 18.9 Å². The van der Waals surface area contributed by atoms with Crippen LogP contribution in [0, 0.1) is 13.8 Å². The van der Waals surface area contributed by atoms with Crippen molar-refractivity contribution in [3.63, 3.8) is 0 Å². The van der Waals surface area contributed by atoms with E-state index in [4.69, 9.17) is 23.8 Å². The number of hydrogen-bond acceptors (Lipinski definition) is 7. The van der Waals surface area contributed by atoms with Crippen LogP contribution in [0.25, 0.3) is 5.57 Å². The van der Waals surface area contributed by atoms with E-state index in [2.05, 4.69) is 0 Å². The number of hydroxylamine groups is 2. The van der Waals surface area contributed by atoms with E-state index >= 15 is 0 Å². The van der Waals surface area contributed by atoms with Crippen LogP contribution in [0.4, 0.5) is 0 Å². The molecule has 1 aromatic rings. The molecule has 1 aromatic carbocycles. The van der Waals surface area contributed by atoms with Gasteiger partial charge in [-0.3, -0.25) is 9.59 Å². The van der Waals surface area contributed by atoms with Gasteiger partial charge in [0.15, 0.2) is 12.1 Å². The number of carbonyl (C=O) groups is 2. The second-order valence-electron chi connectivity index (χ2n) is 8.71. The first-order valence-corrected chi connectivity index (χ1v) is 11.0. The van der Waals surface area contributed by atoms with Crippen LogP contribution in [0.2, 0.25) is 0 Å². The van der Waals surface area contributed by atoms with Crippen LogP contribution in [0.1, 0.15) is 56.2 Å². The zero-order chi connectivity index (χ0) is 23.1. The Morgan fingerprint density at radius 1 is 1.09 bits per heavy atom. The van der Waals surface area contributed by atoms with Crippen molar-refractivity contribution in [3.8, 4) is 0 Å². The fourth-order valence-corrected chi connectivity index (χ4v) is 5.04. The topological polar surface area (TPSA) is 83.5 Å². The van der Waals surface area contributed by atoms with Crippen molar-refractivity contribution in [1.82, 2.24) is 5.06 Å². The van der Waals surface area contributed by atoms with E-state index in [9.17, 15) is 9.59 Å². The Hall–Kier alpha value is -2.26. The van der Waals surface area contributed by atoms with Crippen molar-refractivity contribution in [2.75, 3.05) is 20.3 Å². The number of ether oxygens (including phenoxy) is 4. The first-order valence-electron chi connectivity index (χ1n) is 11.0. The molecule has 2 aliphatic heterocycles. The van der Waals surface area contributed by atoms with Gasteiger partial charge in [0.25, 0.3) is 5.91 Å². The molecule has 2 heterocycles. The highest BCUT2D eigenvalue weighted by Gasteiger charge is 2.60. The standard InChI is InChI=1S/C24H31NO7/c1-15-7-6-8-16(2)19(15)20-21(31-17(3)26)23(25(22(20)27)32-18(4)28-5)9-11-24(12-10-23)29-13-14-30-24/h6-8,18H,9-14H2,1-5H3. The lowest BCUT2D eigenvalue weighted by Crippen LogP contribution is -2.55. The molecule has 0 N–H and O–H groups in total. The second-order valence-corrected chi connectivity index (χ2v) is 8.71. The summed E-state index contributed by atoms with van der Waals surface area (Å²) in [6.07, 6.45) is 1.36. The van der Waals surface area contributed by atoms with Gasteiger partial charge >= 0.3 is 5.97 Å². The molecule has 0 aromatic heterocycles. The van der Waals surface area contributed by atoms with Crippen molar-refractivity contribution >= 4 is 17.4 Å². The van der Waals surface area contributed by atoms with E-state index in [0.29, 0.717) is 50.2 Å². The molecule has 1 atom stereocenters. The summed E-state index contributed by atoms with van der Waals surface area (Å²) in [5, 5.41) is 1.36. The van der Waals surface area contributed by atoms with Crippen LogP contribution in [0.5, 0.6) is 0 Å². The molecule has 8 nitrogen and oxygen atoms in total. The molecule has 2 spiro atoms. The van der Waals surface area contributed by atoms with E-state index < -0.39 is 23.6 Å². The molecule has 32 heavy (non-hydrogen) atoms. The number of hydrogen-bond donors (Lipinski definition) is 0. The third-order valence-electron chi connectivity index (χ3n) is 6.65. The number of amides is 1. The molecule has 1 amide bonds. The van der Waals surface area contributed by atoms with Gasteiger partial charge in [-0.25, -0.2) is 9.90 Å². The zero-order valence-electron chi connectivity index (χ0n) is 19.4. The number of esters is 1. The maximum absolute atomic E-state index is 13.9. The van der Waals surface area contributed by atoms with Crippen molar-refractivity contribution in [2.45, 2.75) is 71.0 Å². The first-order chi connectivity index (χ1) is 15.2. The predicted molar refractivity (Wildman–Crippen MR) is 115 cm³/mol. The third kappa shape index (κ3) is 3.75. The Morgan fingerprint density at radius 3 is 2.22 bits per heavy atom. The summed E-state index contributed by atoms with van der Waals surface area (Å²) >= 11 is 0. The molecular formula is C24H31NO7. The molecule has 4 rings (SSSR count). The van der Waals surface area contributed by atoms with Crippen molar-refractivity contribution in [2.24, 2.45) is 0 Å².